The molecular formula is C23H19N3O3S. The second-order valence-electron chi connectivity index (χ2n) is 6.91. The number of methoxy groups -OCH3 is 1. The van der Waals surface area contributed by atoms with Crippen LogP contribution in [0, 0.1) is 11.3 Å². The molecule has 0 saturated carbocycles. The number of nitrogens with zero attached hydrogens (tertiary/aromatic N) is 2. The fourth-order valence-electron chi connectivity index (χ4n) is 3.43. The van der Waals surface area contributed by atoms with Gasteiger partial charge in [-0.1, -0.05) is 24.3 Å². The topological polar surface area (TPSA) is 84.1 Å². The molecule has 3 aromatic carbocycles. The number of nitrogens with one attached hydrogen (secondary N) is 1. The molecule has 1 heterocycles. The lowest BCUT2D eigenvalue weighted by Gasteiger charge is -2.09. The number of nitriles is 1. The summed E-state index contributed by atoms with van der Waals surface area (Å²) in [5.41, 5.74) is 4.74. The Labute approximate surface area is 175 Å². The van der Waals surface area contributed by atoms with Crippen LogP contribution < -0.4 is 9.46 Å². The summed E-state index contributed by atoms with van der Waals surface area (Å²) in [6.07, 6.45) is 3.13. The molecule has 1 N–H and O–H groups in total. The fraction of sp³-hybridized carbons (Fsp3) is 0.0870. The first-order valence-corrected chi connectivity index (χ1v) is 11.0. The number of sulfonamides is 1. The molecule has 0 bridgehead atoms. The van der Waals surface area contributed by atoms with Gasteiger partial charge in [0.25, 0.3) is 0 Å². The molecule has 0 radical (unpaired) electrons. The summed E-state index contributed by atoms with van der Waals surface area (Å²) in [4.78, 5) is 0. The van der Waals surface area contributed by atoms with Gasteiger partial charge in [-0.05, 0) is 42.0 Å². The van der Waals surface area contributed by atoms with Gasteiger partial charge in [0.15, 0.2) is 0 Å². The van der Waals surface area contributed by atoms with Crippen LogP contribution in [0.5, 0.6) is 5.75 Å². The maximum atomic E-state index is 11.7. The molecule has 4 aromatic rings. The van der Waals surface area contributed by atoms with Gasteiger partial charge >= 0.3 is 0 Å². The molecule has 7 heteroatoms. The predicted octanol–water partition coefficient (Wildman–Crippen LogP) is 4.55. The second kappa shape index (κ2) is 7.58. The largest absolute Gasteiger partial charge is 0.497 e. The van der Waals surface area contributed by atoms with Crippen molar-refractivity contribution < 1.29 is 13.2 Å². The summed E-state index contributed by atoms with van der Waals surface area (Å²) in [6.45, 7) is 0. The zero-order valence-electron chi connectivity index (χ0n) is 16.5. The van der Waals surface area contributed by atoms with Gasteiger partial charge in [-0.3, -0.25) is 4.72 Å². The van der Waals surface area contributed by atoms with Gasteiger partial charge in [0, 0.05) is 28.9 Å². The van der Waals surface area contributed by atoms with Crippen LogP contribution in [0.4, 0.5) is 5.69 Å². The monoisotopic (exact) mass is 417 g/mol. The van der Waals surface area contributed by atoms with Crippen LogP contribution in [-0.4, -0.2) is 26.4 Å². The normalized spacial score (nSPS) is 11.2. The zero-order chi connectivity index (χ0) is 21.3. The summed E-state index contributed by atoms with van der Waals surface area (Å²) >= 11 is 0. The number of anilines is 1. The van der Waals surface area contributed by atoms with E-state index in [0.29, 0.717) is 11.3 Å². The molecule has 0 aliphatic carbocycles. The smallest absolute Gasteiger partial charge is 0.229 e. The van der Waals surface area contributed by atoms with E-state index in [0.717, 1.165) is 39.7 Å². The molecule has 1 aromatic heterocycles. The number of aromatic nitrogens is 1. The Kier molecular flexibility index (Phi) is 4.94. The maximum Gasteiger partial charge on any atom is 0.229 e. The fourth-order valence-corrected chi connectivity index (χ4v) is 3.99. The minimum absolute atomic E-state index is 0.485. The van der Waals surface area contributed by atoms with E-state index in [2.05, 4.69) is 10.8 Å². The number of rotatable bonds is 5. The molecule has 6 nitrogen and oxygen atoms in total. The number of hydrogen-bond acceptors (Lipinski definition) is 4. The van der Waals surface area contributed by atoms with Gasteiger partial charge in [-0.15, -0.1) is 0 Å². The molecule has 30 heavy (non-hydrogen) atoms. The van der Waals surface area contributed by atoms with Crippen LogP contribution in [-0.2, 0) is 10.0 Å². The number of benzene rings is 3. The molecule has 0 aliphatic rings. The molecule has 0 atom stereocenters. The van der Waals surface area contributed by atoms with Crippen molar-refractivity contribution in [2.45, 2.75) is 0 Å². The van der Waals surface area contributed by atoms with E-state index in [-0.39, 0.29) is 0 Å². The van der Waals surface area contributed by atoms with Crippen LogP contribution in [0.3, 0.4) is 0 Å². The van der Waals surface area contributed by atoms with Gasteiger partial charge < -0.3 is 9.30 Å². The van der Waals surface area contributed by atoms with Crippen molar-refractivity contribution in [2.24, 2.45) is 0 Å². The molecule has 0 fully saturated rings. The highest BCUT2D eigenvalue weighted by atomic mass is 32.2. The van der Waals surface area contributed by atoms with Crippen LogP contribution in [0.2, 0.25) is 0 Å². The molecule has 0 unspecified atom stereocenters. The lowest BCUT2D eigenvalue weighted by molar-refractivity contribution is 0.414. The quantitative estimate of drug-likeness (QED) is 0.516. The van der Waals surface area contributed by atoms with E-state index < -0.39 is 10.0 Å². The van der Waals surface area contributed by atoms with E-state index in [4.69, 9.17) is 10.00 Å². The lowest BCUT2D eigenvalue weighted by atomic mass is 10.0. The van der Waals surface area contributed by atoms with Gasteiger partial charge in [0.05, 0.1) is 36.2 Å². The van der Waals surface area contributed by atoms with Gasteiger partial charge in [-0.2, -0.15) is 5.26 Å². The molecular weight excluding hydrogens is 398 g/mol. The highest BCUT2D eigenvalue weighted by Crippen LogP contribution is 2.35. The molecule has 0 aliphatic heterocycles. The molecule has 0 saturated heterocycles. The lowest BCUT2D eigenvalue weighted by Crippen LogP contribution is -2.09. The molecule has 4 rings (SSSR count). The van der Waals surface area contributed by atoms with Crippen molar-refractivity contribution in [1.82, 2.24) is 4.57 Å². The number of ether oxygens (including phenoxy) is 1. The average molecular weight is 417 g/mol. The van der Waals surface area contributed by atoms with Gasteiger partial charge in [0.1, 0.15) is 5.75 Å². The summed E-state index contributed by atoms with van der Waals surface area (Å²) in [5, 5.41) is 10.0. The highest BCUT2D eigenvalue weighted by Gasteiger charge is 2.14. The van der Waals surface area contributed by atoms with Crippen molar-refractivity contribution >= 4 is 26.6 Å². The van der Waals surface area contributed by atoms with Crippen molar-refractivity contribution in [3.63, 3.8) is 0 Å². The standard InChI is InChI=1S/C23H19N3O3S/c1-29-20-5-3-4-19(13-20)26-15-22(17-8-6-16(14-24)7-9-17)21-11-10-18(12-23(21)26)25-30(2,27)28/h3-13,15,25H,1-2H3. The zero-order valence-corrected chi connectivity index (χ0v) is 17.3. The van der Waals surface area contributed by atoms with E-state index in [9.17, 15) is 8.42 Å². The minimum atomic E-state index is -3.40. The van der Waals surface area contributed by atoms with Crippen LogP contribution in [0.25, 0.3) is 27.7 Å². The van der Waals surface area contributed by atoms with Crippen LogP contribution in [0.15, 0.2) is 72.9 Å². The van der Waals surface area contributed by atoms with Crippen LogP contribution >= 0.6 is 0 Å². The molecule has 150 valence electrons. The van der Waals surface area contributed by atoms with Crippen molar-refractivity contribution in [2.75, 3.05) is 18.1 Å². The number of fused-ring (bicyclic) bond motifs is 1. The first-order chi connectivity index (χ1) is 14.4. The van der Waals surface area contributed by atoms with Crippen molar-refractivity contribution in [1.29, 1.82) is 5.26 Å². The highest BCUT2D eigenvalue weighted by molar-refractivity contribution is 7.92. The summed E-state index contributed by atoms with van der Waals surface area (Å²) in [6, 6.07) is 22.6. The molecule has 0 amide bonds. The Bertz CT molecular complexity index is 1380. The predicted molar refractivity (Wildman–Crippen MR) is 118 cm³/mol. The Morgan fingerprint density at radius 1 is 1.03 bits per heavy atom. The molecule has 0 spiro atoms. The third kappa shape index (κ3) is 3.86. The summed E-state index contributed by atoms with van der Waals surface area (Å²) in [7, 11) is -1.78. The Hall–Kier alpha value is -3.76. The Balaban J connectivity index is 1.95. The summed E-state index contributed by atoms with van der Waals surface area (Å²) in [5.74, 6) is 0.722. The summed E-state index contributed by atoms with van der Waals surface area (Å²) < 4.78 is 33.3. The second-order valence-corrected chi connectivity index (χ2v) is 8.66. The van der Waals surface area contributed by atoms with Crippen molar-refractivity contribution in [3.8, 4) is 28.6 Å². The van der Waals surface area contributed by atoms with Gasteiger partial charge in [0.2, 0.25) is 10.0 Å². The minimum Gasteiger partial charge on any atom is -0.497 e. The Morgan fingerprint density at radius 3 is 2.47 bits per heavy atom. The maximum absolute atomic E-state index is 11.7. The third-order valence-corrected chi connectivity index (χ3v) is 5.37. The SMILES string of the molecule is COc1cccc(-n2cc(-c3ccc(C#N)cc3)c3ccc(NS(C)(=O)=O)cc32)c1. The number of hydrogen-bond donors (Lipinski definition) is 1. The van der Waals surface area contributed by atoms with E-state index in [1.54, 1.807) is 25.3 Å². The average Bonchev–Trinajstić information content (AvgIpc) is 3.11. The van der Waals surface area contributed by atoms with Gasteiger partial charge in [-0.25, -0.2) is 8.42 Å². The van der Waals surface area contributed by atoms with E-state index >= 15 is 0 Å². The first kappa shape index (κ1) is 19.6. The Morgan fingerprint density at radius 2 is 1.80 bits per heavy atom. The van der Waals surface area contributed by atoms with E-state index in [1.807, 2.05) is 59.3 Å². The van der Waals surface area contributed by atoms with E-state index in [1.165, 1.54) is 0 Å². The third-order valence-electron chi connectivity index (χ3n) is 4.77. The van der Waals surface area contributed by atoms with Crippen molar-refractivity contribution in [3.05, 3.63) is 78.5 Å². The van der Waals surface area contributed by atoms with Crippen LogP contribution in [0.1, 0.15) is 5.56 Å². The first-order valence-electron chi connectivity index (χ1n) is 9.16.